The summed E-state index contributed by atoms with van der Waals surface area (Å²) in [5.41, 5.74) is 2.42. The summed E-state index contributed by atoms with van der Waals surface area (Å²) in [6.45, 7) is 0. The molecule has 2 heterocycles. The van der Waals surface area contributed by atoms with Crippen molar-refractivity contribution in [3.63, 3.8) is 0 Å². The molecule has 3 aromatic carbocycles. The van der Waals surface area contributed by atoms with Crippen LogP contribution in [0.5, 0.6) is 0 Å². The Balaban J connectivity index is 2.17. The molecular formula is C19H11NO2. The van der Waals surface area contributed by atoms with Crippen molar-refractivity contribution in [2.45, 2.75) is 0 Å². The Morgan fingerprint density at radius 3 is 2.32 bits per heavy atom. The van der Waals surface area contributed by atoms with Crippen molar-refractivity contribution in [2.75, 3.05) is 0 Å². The molecule has 0 fully saturated rings. The second kappa shape index (κ2) is 3.98. The molecule has 0 amide bonds. The van der Waals surface area contributed by atoms with Crippen LogP contribution in [0.4, 0.5) is 0 Å². The van der Waals surface area contributed by atoms with Gasteiger partial charge in [-0.1, -0.05) is 36.4 Å². The molecule has 0 bridgehead atoms. The molecule has 0 spiro atoms. The molecule has 1 N–H and O–H groups in total. The van der Waals surface area contributed by atoms with Crippen molar-refractivity contribution < 1.29 is 4.42 Å². The average molecular weight is 285 g/mol. The standard InChI is InChI=1S/C19H11NO2/c21-19-14-7-2-1-6-12(14)17-16(22-19)10-9-13-11-5-3-4-8-15(11)20-18(13)17/h1-10,20H. The highest BCUT2D eigenvalue weighted by Gasteiger charge is 2.13. The summed E-state index contributed by atoms with van der Waals surface area (Å²) in [6, 6.07) is 19.7. The van der Waals surface area contributed by atoms with Gasteiger partial charge in [-0.15, -0.1) is 0 Å². The molecule has 5 aromatic rings. The first-order valence-electron chi connectivity index (χ1n) is 7.18. The average Bonchev–Trinajstić information content (AvgIpc) is 2.93. The topological polar surface area (TPSA) is 46.0 Å². The van der Waals surface area contributed by atoms with Gasteiger partial charge in [-0.25, -0.2) is 4.79 Å². The van der Waals surface area contributed by atoms with Crippen molar-refractivity contribution in [3.05, 3.63) is 71.1 Å². The lowest BCUT2D eigenvalue weighted by molar-refractivity contribution is 0.570. The van der Waals surface area contributed by atoms with Gasteiger partial charge >= 0.3 is 5.63 Å². The van der Waals surface area contributed by atoms with Gasteiger partial charge in [0.05, 0.1) is 10.9 Å². The number of nitrogens with one attached hydrogen (secondary N) is 1. The van der Waals surface area contributed by atoms with E-state index >= 15 is 0 Å². The predicted molar refractivity (Wildman–Crippen MR) is 89.4 cm³/mol. The van der Waals surface area contributed by atoms with E-state index < -0.39 is 0 Å². The van der Waals surface area contributed by atoms with Crippen LogP contribution in [0.3, 0.4) is 0 Å². The normalized spacial score (nSPS) is 11.8. The van der Waals surface area contributed by atoms with Crippen molar-refractivity contribution in [1.82, 2.24) is 4.98 Å². The summed E-state index contributed by atoms with van der Waals surface area (Å²) in [5.74, 6) is 0. The number of hydrogen-bond acceptors (Lipinski definition) is 2. The molecule has 0 aliphatic carbocycles. The summed E-state index contributed by atoms with van der Waals surface area (Å²) in [6.07, 6.45) is 0. The minimum absolute atomic E-state index is 0.293. The fraction of sp³-hybridized carbons (Fsp3) is 0. The molecule has 22 heavy (non-hydrogen) atoms. The molecular weight excluding hydrogens is 274 g/mol. The summed E-state index contributed by atoms with van der Waals surface area (Å²) in [5, 5.41) is 4.81. The number of para-hydroxylation sites is 1. The minimum atomic E-state index is -0.293. The molecule has 0 saturated carbocycles. The third kappa shape index (κ3) is 1.37. The van der Waals surface area contributed by atoms with Gasteiger partial charge in [0.15, 0.2) is 0 Å². The molecule has 0 aliphatic rings. The smallest absolute Gasteiger partial charge is 0.344 e. The van der Waals surface area contributed by atoms with E-state index in [9.17, 15) is 4.79 Å². The van der Waals surface area contributed by atoms with Crippen LogP contribution < -0.4 is 5.63 Å². The molecule has 3 heteroatoms. The third-order valence-corrected chi connectivity index (χ3v) is 4.26. The van der Waals surface area contributed by atoms with Crippen LogP contribution in [0.15, 0.2) is 69.9 Å². The molecule has 0 saturated heterocycles. The minimum Gasteiger partial charge on any atom is -0.422 e. The number of aromatic nitrogens is 1. The molecule has 0 atom stereocenters. The summed E-state index contributed by atoms with van der Waals surface area (Å²) in [4.78, 5) is 15.6. The lowest BCUT2D eigenvalue weighted by Gasteiger charge is -2.03. The van der Waals surface area contributed by atoms with E-state index in [4.69, 9.17) is 4.42 Å². The van der Waals surface area contributed by atoms with E-state index in [1.165, 1.54) is 5.39 Å². The van der Waals surface area contributed by atoms with E-state index in [-0.39, 0.29) is 5.63 Å². The largest absolute Gasteiger partial charge is 0.422 e. The Bertz CT molecular complexity index is 1240. The van der Waals surface area contributed by atoms with Crippen LogP contribution in [0, 0.1) is 0 Å². The lowest BCUT2D eigenvalue weighted by Crippen LogP contribution is -1.99. The summed E-state index contributed by atoms with van der Waals surface area (Å²) >= 11 is 0. The van der Waals surface area contributed by atoms with Crippen molar-refractivity contribution in [3.8, 4) is 0 Å². The number of benzene rings is 3. The molecule has 104 valence electrons. The molecule has 5 rings (SSSR count). The van der Waals surface area contributed by atoms with Gasteiger partial charge in [0.2, 0.25) is 0 Å². The fourth-order valence-corrected chi connectivity index (χ4v) is 3.29. The van der Waals surface area contributed by atoms with Crippen LogP contribution in [-0.4, -0.2) is 4.98 Å². The van der Waals surface area contributed by atoms with Gasteiger partial charge in [-0.05, 0) is 24.3 Å². The van der Waals surface area contributed by atoms with E-state index in [2.05, 4.69) is 17.1 Å². The maximum atomic E-state index is 12.1. The zero-order valence-electron chi connectivity index (χ0n) is 11.6. The van der Waals surface area contributed by atoms with Gasteiger partial charge in [0.1, 0.15) is 5.58 Å². The van der Waals surface area contributed by atoms with Crippen molar-refractivity contribution in [1.29, 1.82) is 0 Å². The second-order valence-electron chi connectivity index (χ2n) is 5.47. The first-order chi connectivity index (χ1) is 10.8. The molecule has 0 aliphatic heterocycles. The Morgan fingerprint density at radius 2 is 1.45 bits per heavy atom. The Kier molecular flexibility index (Phi) is 2.09. The van der Waals surface area contributed by atoms with Gasteiger partial charge in [-0.3, -0.25) is 0 Å². The van der Waals surface area contributed by atoms with Gasteiger partial charge < -0.3 is 9.40 Å². The van der Waals surface area contributed by atoms with E-state index in [1.807, 2.05) is 48.5 Å². The maximum absolute atomic E-state index is 12.1. The first kappa shape index (κ1) is 11.6. The first-order valence-corrected chi connectivity index (χ1v) is 7.18. The van der Waals surface area contributed by atoms with Crippen LogP contribution in [0.1, 0.15) is 0 Å². The molecule has 0 unspecified atom stereocenters. The highest BCUT2D eigenvalue weighted by molar-refractivity contribution is 6.22. The van der Waals surface area contributed by atoms with Gasteiger partial charge in [0.25, 0.3) is 0 Å². The number of aromatic amines is 1. The Labute approximate surface area is 124 Å². The lowest BCUT2D eigenvalue weighted by atomic mass is 10.0. The Hall–Kier alpha value is -3.07. The number of hydrogen-bond donors (Lipinski definition) is 1. The molecule has 3 nitrogen and oxygen atoms in total. The van der Waals surface area contributed by atoms with Crippen molar-refractivity contribution >= 4 is 43.5 Å². The van der Waals surface area contributed by atoms with Crippen LogP contribution in [0.25, 0.3) is 43.5 Å². The number of fused-ring (bicyclic) bond motifs is 7. The SMILES string of the molecule is O=c1oc2ccc3c4ccccc4[nH]c3c2c2ccccc12. The monoisotopic (exact) mass is 285 g/mol. The maximum Gasteiger partial charge on any atom is 0.344 e. The Morgan fingerprint density at radius 1 is 0.727 bits per heavy atom. The zero-order chi connectivity index (χ0) is 14.7. The number of rotatable bonds is 0. The summed E-state index contributed by atoms with van der Waals surface area (Å²) < 4.78 is 5.50. The number of H-pyrrole nitrogens is 1. The highest BCUT2D eigenvalue weighted by Crippen LogP contribution is 2.33. The van der Waals surface area contributed by atoms with Gasteiger partial charge in [0, 0.05) is 27.1 Å². The van der Waals surface area contributed by atoms with Crippen LogP contribution in [-0.2, 0) is 0 Å². The quantitative estimate of drug-likeness (QED) is 0.334. The predicted octanol–water partition coefficient (Wildman–Crippen LogP) is 4.58. The van der Waals surface area contributed by atoms with Crippen LogP contribution in [0.2, 0.25) is 0 Å². The zero-order valence-corrected chi connectivity index (χ0v) is 11.6. The fourth-order valence-electron chi connectivity index (χ4n) is 3.29. The van der Waals surface area contributed by atoms with E-state index in [1.54, 1.807) is 0 Å². The molecule has 0 radical (unpaired) electrons. The third-order valence-electron chi connectivity index (χ3n) is 4.26. The van der Waals surface area contributed by atoms with E-state index in [0.29, 0.717) is 11.0 Å². The van der Waals surface area contributed by atoms with Crippen molar-refractivity contribution in [2.24, 2.45) is 0 Å². The molecule has 2 aromatic heterocycles. The second-order valence-corrected chi connectivity index (χ2v) is 5.47. The van der Waals surface area contributed by atoms with E-state index in [0.717, 1.165) is 27.2 Å². The van der Waals surface area contributed by atoms with Crippen LogP contribution >= 0.6 is 0 Å². The summed E-state index contributed by atoms with van der Waals surface area (Å²) in [7, 11) is 0. The highest BCUT2D eigenvalue weighted by atomic mass is 16.4. The van der Waals surface area contributed by atoms with Gasteiger partial charge in [-0.2, -0.15) is 0 Å².